The van der Waals surface area contributed by atoms with Gasteiger partial charge < -0.3 is 15.4 Å². The topological polar surface area (TPSA) is 81.2 Å². The van der Waals surface area contributed by atoms with E-state index in [-0.39, 0.29) is 11.7 Å². The zero-order valence-corrected chi connectivity index (χ0v) is 19.3. The lowest BCUT2D eigenvalue weighted by Gasteiger charge is -2.35. The van der Waals surface area contributed by atoms with Crippen LogP contribution in [0.15, 0.2) is 41.3 Å². The predicted octanol–water partition coefficient (Wildman–Crippen LogP) is 3.56. The number of benzene rings is 1. The van der Waals surface area contributed by atoms with Crippen molar-refractivity contribution in [2.75, 3.05) is 25.0 Å². The van der Waals surface area contributed by atoms with Crippen LogP contribution in [0.5, 0.6) is 0 Å². The summed E-state index contributed by atoms with van der Waals surface area (Å²) in [5.74, 6) is 0. The Morgan fingerprint density at radius 3 is 2.56 bits per heavy atom. The molecule has 0 bridgehead atoms. The number of nitrogens with one attached hydrogen (secondary N) is 2. The third-order valence-corrected chi connectivity index (χ3v) is 6.23. The van der Waals surface area contributed by atoms with Crippen LogP contribution in [0.25, 0.3) is 11.1 Å². The van der Waals surface area contributed by atoms with Crippen molar-refractivity contribution in [3.8, 4) is 11.1 Å². The van der Waals surface area contributed by atoms with Crippen LogP contribution in [0.3, 0.4) is 0 Å². The molecular weight excluding hydrogens is 400 g/mol. The molecule has 0 radical (unpaired) electrons. The lowest BCUT2D eigenvalue weighted by atomic mass is 9.93. The second-order valence-electron chi connectivity index (χ2n) is 8.84. The van der Waals surface area contributed by atoms with Crippen LogP contribution in [0.1, 0.15) is 40.6 Å². The van der Waals surface area contributed by atoms with Crippen molar-refractivity contribution in [2.24, 2.45) is 0 Å². The molecule has 6 heteroatoms. The summed E-state index contributed by atoms with van der Waals surface area (Å²) in [5, 5.41) is 12.9. The van der Waals surface area contributed by atoms with E-state index in [0.29, 0.717) is 19.5 Å². The molecule has 1 aliphatic rings. The van der Waals surface area contributed by atoms with Crippen molar-refractivity contribution in [3.63, 3.8) is 0 Å². The van der Waals surface area contributed by atoms with Gasteiger partial charge in [-0.15, -0.1) is 0 Å². The molecule has 1 aromatic carbocycles. The largest absolute Gasteiger partial charge is 0.390 e. The molecule has 0 atom stereocenters. The monoisotopic (exact) mass is 432 g/mol. The molecular formula is C26H32N4O2. The molecule has 1 saturated heterocycles. The number of hydrogen-bond donors (Lipinski definition) is 3. The molecule has 4 rings (SSSR count). The molecule has 0 saturated carbocycles. The first-order valence-corrected chi connectivity index (χ1v) is 11.3. The van der Waals surface area contributed by atoms with Crippen molar-refractivity contribution in [1.29, 1.82) is 0 Å². The highest BCUT2D eigenvalue weighted by atomic mass is 16.3. The maximum Gasteiger partial charge on any atom is 0.251 e. The van der Waals surface area contributed by atoms with Crippen molar-refractivity contribution in [2.45, 2.75) is 46.8 Å². The lowest BCUT2D eigenvalue weighted by Crippen LogP contribution is -2.49. The van der Waals surface area contributed by atoms with Gasteiger partial charge in [-0.05, 0) is 68.1 Å². The number of aryl methyl sites for hydroxylation is 2. The normalized spacial score (nSPS) is 14.4. The Labute approximate surface area is 189 Å². The van der Waals surface area contributed by atoms with Crippen LogP contribution < -0.4 is 10.9 Å². The van der Waals surface area contributed by atoms with Crippen molar-refractivity contribution in [1.82, 2.24) is 14.9 Å². The van der Waals surface area contributed by atoms with Crippen LogP contribution in [-0.2, 0) is 13.0 Å². The van der Waals surface area contributed by atoms with Gasteiger partial charge in [-0.1, -0.05) is 12.1 Å². The standard InChI is InChI=1S/C26H32N4O2/c1-5-27-25-11-21(19-6-7-22(28-12-19)13-30-14-23(31)15-30)9-20(18(25)4)10-24-16(2)8-17(3)29-26(24)32/h6-9,11-12,23,27,31H,5,10,13-15H2,1-4H3,(H,29,32). The molecule has 1 aliphatic heterocycles. The van der Waals surface area contributed by atoms with Gasteiger partial charge >= 0.3 is 0 Å². The summed E-state index contributed by atoms with van der Waals surface area (Å²) in [5.41, 5.74) is 9.21. The third kappa shape index (κ3) is 4.76. The van der Waals surface area contributed by atoms with Gasteiger partial charge in [0.15, 0.2) is 0 Å². The number of hydrogen-bond acceptors (Lipinski definition) is 5. The summed E-state index contributed by atoms with van der Waals surface area (Å²) in [6.07, 6.45) is 2.30. The Morgan fingerprint density at radius 1 is 1.16 bits per heavy atom. The van der Waals surface area contributed by atoms with E-state index >= 15 is 0 Å². The van der Waals surface area contributed by atoms with E-state index in [1.807, 2.05) is 26.1 Å². The van der Waals surface area contributed by atoms with Gasteiger partial charge in [0.25, 0.3) is 5.56 Å². The number of likely N-dealkylation sites (tertiary alicyclic amines) is 1. The SMILES string of the molecule is CCNc1cc(-c2ccc(CN3CC(O)C3)nc2)cc(Cc2c(C)cc(C)[nH]c2=O)c1C. The summed E-state index contributed by atoms with van der Waals surface area (Å²) < 4.78 is 0. The van der Waals surface area contributed by atoms with Crippen LogP contribution in [0.2, 0.25) is 0 Å². The van der Waals surface area contributed by atoms with Crippen LogP contribution in [-0.4, -0.2) is 45.7 Å². The van der Waals surface area contributed by atoms with Crippen LogP contribution >= 0.6 is 0 Å². The highest BCUT2D eigenvalue weighted by Gasteiger charge is 2.24. The fourth-order valence-electron chi connectivity index (χ4n) is 4.38. The number of aliphatic hydroxyl groups excluding tert-OH is 1. The number of pyridine rings is 2. The molecule has 3 N–H and O–H groups in total. The van der Waals surface area contributed by atoms with Gasteiger partial charge in [-0.2, -0.15) is 0 Å². The molecule has 0 aliphatic carbocycles. The smallest absolute Gasteiger partial charge is 0.251 e. The quantitative estimate of drug-likeness (QED) is 0.532. The summed E-state index contributed by atoms with van der Waals surface area (Å²) in [6.45, 7) is 11.1. The maximum absolute atomic E-state index is 12.6. The molecule has 1 fully saturated rings. The average Bonchev–Trinajstić information content (AvgIpc) is 2.72. The van der Waals surface area contributed by atoms with E-state index in [2.05, 4.69) is 58.3 Å². The minimum absolute atomic E-state index is 0.0144. The number of β-amino-alcohol motifs (C(OH)–C–C–N with tert-alkyl or cyclic N) is 1. The van der Waals surface area contributed by atoms with E-state index in [4.69, 9.17) is 0 Å². The van der Waals surface area contributed by atoms with Crippen LogP contribution in [0, 0.1) is 20.8 Å². The first kappa shape index (κ1) is 22.2. The summed E-state index contributed by atoms with van der Waals surface area (Å²) >= 11 is 0. The first-order chi connectivity index (χ1) is 15.3. The summed E-state index contributed by atoms with van der Waals surface area (Å²) in [7, 11) is 0. The van der Waals surface area contributed by atoms with Gasteiger partial charge in [0.05, 0.1) is 11.8 Å². The van der Waals surface area contributed by atoms with Gasteiger partial charge in [-0.3, -0.25) is 14.7 Å². The van der Waals surface area contributed by atoms with Gasteiger partial charge in [0, 0.05) is 61.3 Å². The molecule has 0 unspecified atom stereocenters. The number of aromatic nitrogens is 2. The molecule has 3 aromatic rings. The summed E-state index contributed by atoms with van der Waals surface area (Å²) in [6, 6.07) is 10.5. The highest BCUT2D eigenvalue weighted by molar-refractivity contribution is 5.71. The number of aromatic amines is 1. The van der Waals surface area contributed by atoms with E-state index in [9.17, 15) is 9.90 Å². The number of anilines is 1. The Kier molecular flexibility index (Phi) is 6.44. The molecule has 0 amide bonds. The summed E-state index contributed by atoms with van der Waals surface area (Å²) in [4.78, 5) is 22.4. The molecule has 6 nitrogen and oxygen atoms in total. The fourth-order valence-corrected chi connectivity index (χ4v) is 4.38. The number of H-pyrrole nitrogens is 1. The maximum atomic E-state index is 12.6. The number of aliphatic hydroxyl groups is 1. The minimum atomic E-state index is -0.200. The lowest BCUT2D eigenvalue weighted by molar-refractivity contribution is -0.00353. The van der Waals surface area contributed by atoms with Crippen molar-refractivity contribution < 1.29 is 5.11 Å². The molecule has 3 heterocycles. The van der Waals surface area contributed by atoms with Crippen molar-refractivity contribution in [3.05, 3.63) is 80.5 Å². The molecule has 2 aromatic heterocycles. The van der Waals surface area contributed by atoms with Gasteiger partial charge in [0.2, 0.25) is 0 Å². The first-order valence-electron chi connectivity index (χ1n) is 11.3. The number of rotatable bonds is 7. The van der Waals surface area contributed by atoms with E-state index < -0.39 is 0 Å². The van der Waals surface area contributed by atoms with Crippen LogP contribution in [0.4, 0.5) is 5.69 Å². The Balaban J connectivity index is 1.66. The molecule has 168 valence electrons. The van der Waals surface area contributed by atoms with Gasteiger partial charge in [-0.25, -0.2) is 0 Å². The van der Waals surface area contributed by atoms with Crippen molar-refractivity contribution >= 4 is 5.69 Å². The van der Waals surface area contributed by atoms with Gasteiger partial charge in [0.1, 0.15) is 0 Å². The molecule has 0 spiro atoms. The average molecular weight is 433 g/mol. The Hall–Kier alpha value is -2.96. The number of nitrogens with zero attached hydrogens (tertiary/aromatic N) is 2. The Bertz CT molecular complexity index is 1160. The zero-order valence-electron chi connectivity index (χ0n) is 19.3. The van der Waals surface area contributed by atoms with E-state index in [0.717, 1.165) is 63.5 Å². The Morgan fingerprint density at radius 2 is 1.94 bits per heavy atom. The fraction of sp³-hybridized carbons (Fsp3) is 0.385. The third-order valence-electron chi connectivity index (χ3n) is 6.23. The van der Waals surface area contributed by atoms with E-state index in [1.54, 1.807) is 0 Å². The minimum Gasteiger partial charge on any atom is -0.390 e. The molecule has 32 heavy (non-hydrogen) atoms. The zero-order chi connectivity index (χ0) is 22.8. The second kappa shape index (κ2) is 9.27. The predicted molar refractivity (Wildman–Crippen MR) is 129 cm³/mol. The second-order valence-corrected chi connectivity index (χ2v) is 8.84. The highest BCUT2D eigenvalue weighted by Crippen LogP contribution is 2.30. The van der Waals surface area contributed by atoms with E-state index in [1.165, 1.54) is 0 Å².